The maximum absolute atomic E-state index is 12.8. The van der Waals surface area contributed by atoms with Gasteiger partial charge in [-0.2, -0.15) is 5.26 Å². The Balaban J connectivity index is 2.31. The van der Waals surface area contributed by atoms with Gasteiger partial charge in [-0.05, 0) is 55.9 Å². The highest BCUT2D eigenvalue weighted by Crippen LogP contribution is 2.37. The van der Waals surface area contributed by atoms with E-state index in [0.29, 0.717) is 25.2 Å². The Morgan fingerprint density at radius 1 is 1.09 bits per heavy atom. The van der Waals surface area contributed by atoms with Crippen molar-refractivity contribution < 1.29 is 29.3 Å². The molecule has 1 fully saturated rings. The number of ketones is 1. The predicted octanol–water partition coefficient (Wildman–Crippen LogP) is 4.84. The minimum Gasteiger partial charge on any atom is -0.481 e. The van der Waals surface area contributed by atoms with E-state index in [4.69, 9.17) is 4.74 Å². The smallest absolute Gasteiger partial charge is 0.308 e. The zero-order chi connectivity index (χ0) is 26.1. The number of aliphatic hydroxyl groups excluding tert-OH is 1. The first-order chi connectivity index (χ1) is 16.5. The van der Waals surface area contributed by atoms with Crippen LogP contribution in [0.1, 0.15) is 79.1 Å². The minimum atomic E-state index is -0.893. The summed E-state index contributed by atoms with van der Waals surface area (Å²) in [7, 11) is 0. The lowest BCUT2D eigenvalue weighted by molar-refractivity contribution is -0.159. The Morgan fingerprint density at radius 3 is 2.43 bits per heavy atom. The van der Waals surface area contributed by atoms with Gasteiger partial charge in [0.2, 0.25) is 0 Å². The predicted molar refractivity (Wildman–Crippen MR) is 132 cm³/mol. The van der Waals surface area contributed by atoms with E-state index < -0.39 is 30.1 Å². The number of carboxylic acid groups (broad SMARTS) is 1. The summed E-state index contributed by atoms with van der Waals surface area (Å²) in [6.45, 7) is 7.98. The summed E-state index contributed by atoms with van der Waals surface area (Å²) in [5.41, 5.74) is 0.0877. The van der Waals surface area contributed by atoms with Crippen LogP contribution in [-0.4, -0.2) is 40.1 Å². The second kappa shape index (κ2) is 13.6. The molecule has 7 heteroatoms. The molecule has 0 unspecified atom stereocenters. The number of ether oxygens (including phenoxy) is 1. The molecule has 0 aromatic heterocycles. The van der Waals surface area contributed by atoms with Gasteiger partial charge in [0.25, 0.3) is 0 Å². The molecule has 1 saturated carbocycles. The van der Waals surface area contributed by atoms with Crippen LogP contribution in [0.15, 0.2) is 23.8 Å². The normalized spacial score (nSPS) is 38.8. The Kier molecular flexibility index (Phi) is 11.2. The topological polar surface area (TPSA) is 125 Å². The second-order valence-electron chi connectivity index (χ2n) is 10.9. The van der Waals surface area contributed by atoms with E-state index in [2.05, 4.69) is 13.8 Å². The van der Waals surface area contributed by atoms with Crippen molar-refractivity contribution in [3.05, 3.63) is 23.8 Å². The SMILES string of the molecule is C[C@@H]1C[C@H](C)C[C@H](C)[C@@H](O)CC(=O)O[C@H]([C@@H]2CCC[C@H]2C(=O)O)C/C=C/C=C(/C#N)C(=O)[C@@H](C)C1. The molecule has 2 rings (SSSR count). The van der Waals surface area contributed by atoms with Gasteiger partial charge in [-0.15, -0.1) is 0 Å². The standard InChI is InChI=1S/C28H41NO6/c1-17-12-18(2)14-20(4)27(32)21(16-29)8-5-6-11-25(22-9-7-10-23(22)28(33)34)35-26(31)15-24(30)19(3)13-17/h5-6,8,17-20,22-25,30H,7,9-15H2,1-4H3,(H,33,34)/b6-5+,21-8-/t17-,18+,19-,20-,22+,23+,24-,25-/m0/s1. The number of aliphatic carboxylic acids is 1. The minimum absolute atomic E-state index is 0.0877. The van der Waals surface area contributed by atoms with Crippen molar-refractivity contribution in [3.8, 4) is 6.07 Å². The molecule has 0 aromatic rings. The van der Waals surface area contributed by atoms with Crippen LogP contribution in [0, 0.1) is 46.8 Å². The van der Waals surface area contributed by atoms with Gasteiger partial charge in [0.15, 0.2) is 5.78 Å². The number of rotatable bonds is 2. The van der Waals surface area contributed by atoms with E-state index in [0.717, 1.165) is 19.3 Å². The second-order valence-corrected chi connectivity index (χ2v) is 10.9. The molecule has 0 amide bonds. The number of carbonyl (C=O) groups excluding carboxylic acids is 2. The molecule has 2 N–H and O–H groups in total. The van der Waals surface area contributed by atoms with Crippen LogP contribution in [0.4, 0.5) is 0 Å². The van der Waals surface area contributed by atoms with Crippen molar-refractivity contribution in [1.29, 1.82) is 5.26 Å². The number of hydrogen-bond acceptors (Lipinski definition) is 6. The van der Waals surface area contributed by atoms with Gasteiger partial charge in [-0.1, -0.05) is 46.3 Å². The van der Waals surface area contributed by atoms with Crippen molar-refractivity contribution in [1.82, 2.24) is 0 Å². The van der Waals surface area contributed by atoms with Crippen molar-refractivity contribution in [2.45, 2.75) is 91.3 Å². The summed E-state index contributed by atoms with van der Waals surface area (Å²) in [5.74, 6) is -2.32. The fraction of sp³-hybridized carbons (Fsp3) is 0.714. The molecule has 2 aliphatic rings. The number of nitrogens with zero attached hydrogens (tertiary/aromatic N) is 1. The van der Waals surface area contributed by atoms with Crippen molar-refractivity contribution in [2.75, 3.05) is 0 Å². The average Bonchev–Trinajstić information content (AvgIpc) is 3.27. The van der Waals surface area contributed by atoms with Crippen LogP contribution < -0.4 is 0 Å². The Hall–Kier alpha value is -2.46. The Bertz CT molecular complexity index is 856. The number of hydrogen-bond donors (Lipinski definition) is 2. The third-order valence-corrected chi connectivity index (χ3v) is 7.62. The summed E-state index contributed by atoms with van der Waals surface area (Å²) in [6.07, 6.45) is 7.72. The molecule has 0 aromatic carbocycles. The van der Waals surface area contributed by atoms with E-state index in [-0.39, 0.29) is 47.9 Å². The third kappa shape index (κ3) is 8.61. The zero-order valence-electron chi connectivity index (χ0n) is 21.5. The zero-order valence-corrected chi connectivity index (χ0v) is 21.5. The van der Waals surface area contributed by atoms with Crippen LogP contribution in [0.25, 0.3) is 0 Å². The quantitative estimate of drug-likeness (QED) is 0.534. The summed E-state index contributed by atoms with van der Waals surface area (Å²) in [6, 6.07) is 2.00. The number of aliphatic hydroxyl groups is 1. The van der Waals surface area contributed by atoms with Crippen molar-refractivity contribution >= 4 is 17.7 Å². The van der Waals surface area contributed by atoms with Gasteiger partial charge in [-0.25, -0.2) is 0 Å². The monoisotopic (exact) mass is 487 g/mol. The third-order valence-electron chi connectivity index (χ3n) is 7.62. The highest BCUT2D eigenvalue weighted by molar-refractivity contribution is 6.00. The maximum Gasteiger partial charge on any atom is 0.308 e. The molecule has 0 bridgehead atoms. The molecule has 0 spiro atoms. The molecule has 1 heterocycles. The number of carboxylic acids is 1. The molecule has 1 aliphatic carbocycles. The number of cyclic esters (lactones) is 1. The lowest BCUT2D eigenvalue weighted by Gasteiger charge is -2.28. The van der Waals surface area contributed by atoms with Crippen molar-refractivity contribution in [2.24, 2.45) is 35.5 Å². The Labute approximate surface area is 209 Å². The maximum atomic E-state index is 12.8. The summed E-state index contributed by atoms with van der Waals surface area (Å²) in [4.78, 5) is 37.3. The van der Waals surface area contributed by atoms with Gasteiger partial charge >= 0.3 is 11.9 Å². The fourth-order valence-corrected chi connectivity index (χ4v) is 5.84. The van der Waals surface area contributed by atoms with Crippen LogP contribution in [-0.2, 0) is 19.1 Å². The fourth-order valence-electron chi connectivity index (χ4n) is 5.84. The summed E-state index contributed by atoms with van der Waals surface area (Å²) >= 11 is 0. The van der Waals surface area contributed by atoms with E-state index >= 15 is 0 Å². The summed E-state index contributed by atoms with van der Waals surface area (Å²) in [5, 5.41) is 29.8. The van der Waals surface area contributed by atoms with Crippen LogP contribution in [0.5, 0.6) is 0 Å². The molecule has 35 heavy (non-hydrogen) atoms. The first-order valence-electron chi connectivity index (χ1n) is 12.9. The van der Waals surface area contributed by atoms with Crippen LogP contribution in [0.2, 0.25) is 0 Å². The first-order valence-corrected chi connectivity index (χ1v) is 12.9. The average molecular weight is 488 g/mol. The van der Waals surface area contributed by atoms with E-state index in [1.54, 1.807) is 12.2 Å². The lowest BCUT2D eigenvalue weighted by Crippen LogP contribution is -2.34. The molecular formula is C28H41NO6. The van der Waals surface area contributed by atoms with Crippen LogP contribution in [0.3, 0.4) is 0 Å². The largest absolute Gasteiger partial charge is 0.481 e. The van der Waals surface area contributed by atoms with Gasteiger partial charge in [-0.3, -0.25) is 14.4 Å². The van der Waals surface area contributed by atoms with Gasteiger partial charge in [0, 0.05) is 18.3 Å². The van der Waals surface area contributed by atoms with E-state index in [1.165, 1.54) is 6.08 Å². The number of allylic oxidation sites excluding steroid dienone is 3. The van der Waals surface area contributed by atoms with Gasteiger partial charge < -0.3 is 14.9 Å². The number of carbonyl (C=O) groups is 3. The van der Waals surface area contributed by atoms with Crippen LogP contribution >= 0.6 is 0 Å². The molecule has 1 aliphatic heterocycles. The Morgan fingerprint density at radius 2 is 1.77 bits per heavy atom. The van der Waals surface area contributed by atoms with E-state index in [9.17, 15) is 29.9 Å². The van der Waals surface area contributed by atoms with Gasteiger partial charge in [0.05, 0.1) is 24.0 Å². The molecule has 8 atom stereocenters. The first kappa shape index (κ1) is 28.8. The molecule has 0 radical (unpaired) electrons. The molecule has 0 saturated heterocycles. The lowest BCUT2D eigenvalue weighted by atomic mass is 9.82. The molecular weight excluding hydrogens is 446 g/mol. The van der Waals surface area contributed by atoms with Gasteiger partial charge in [0.1, 0.15) is 12.2 Å². The summed E-state index contributed by atoms with van der Waals surface area (Å²) < 4.78 is 5.75. The number of Topliss-reactive ketones (excluding diaryl/α,β-unsaturated/α-hetero) is 1. The number of nitriles is 1. The highest BCUT2D eigenvalue weighted by Gasteiger charge is 2.39. The van der Waals surface area contributed by atoms with Crippen molar-refractivity contribution in [3.63, 3.8) is 0 Å². The molecule has 194 valence electrons. The number of esters is 1. The molecule has 7 nitrogen and oxygen atoms in total. The highest BCUT2D eigenvalue weighted by atomic mass is 16.5. The van der Waals surface area contributed by atoms with E-state index in [1.807, 2.05) is 19.9 Å².